The third-order valence-electron chi connectivity index (χ3n) is 4.22. The van der Waals surface area contributed by atoms with Gasteiger partial charge in [0, 0.05) is 5.54 Å². The number of hydrogen-bond acceptors (Lipinski definition) is 1. The van der Waals surface area contributed by atoms with E-state index in [2.05, 4.69) is 13.8 Å². The van der Waals surface area contributed by atoms with Crippen LogP contribution < -0.4 is 5.73 Å². The van der Waals surface area contributed by atoms with Gasteiger partial charge in [-0.2, -0.15) is 0 Å². The van der Waals surface area contributed by atoms with Crippen molar-refractivity contribution in [2.45, 2.75) is 51.5 Å². The molecule has 0 radical (unpaired) electrons. The van der Waals surface area contributed by atoms with Crippen LogP contribution in [0, 0.1) is 5.41 Å². The van der Waals surface area contributed by atoms with Gasteiger partial charge in [0.25, 0.3) is 0 Å². The zero-order chi connectivity index (χ0) is 13.4. The third kappa shape index (κ3) is 3.01. The quantitative estimate of drug-likeness (QED) is 0.711. The number of benzene rings is 1. The molecule has 1 unspecified atom stereocenters. The van der Waals surface area contributed by atoms with E-state index in [1.54, 1.807) is 0 Å². The Balaban J connectivity index is 2.27. The van der Waals surface area contributed by atoms with E-state index in [0.717, 1.165) is 24.8 Å². The van der Waals surface area contributed by atoms with Crippen LogP contribution in [0.2, 0.25) is 10.0 Å². The predicted molar refractivity (Wildman–Crippen MR) is 79.2 cm³/mol. The second-order valence-electron chi connectivity index (χ2n) is 6.30. The van der Waals surface area contributed by atoms with Crippen LogP contribution >= 0.6 is 23.2 Å². The zero-order valence-electron chi connectivity index (χ0n) is 11.1. The lowest BCUT2D eigenvalue weighted by Crippen LogP contribution is -2.36. The number of hydrogen-bond donors (Lipinski definition) is 1. The smallest absolute Gasteiger partial charge is 0.0595 e. The van der Waals surface area contributed by atoms with E-state index in [0.29, 0.717) is 15.5 Å². The van der Waals surface area contributed by atoms with Gasteiger partial charge in [-0.25, -0.2) is 0 Å². The highest BCUT2D eigenvalue weighted by atomic mass is 35.5. The highest BCUT2D eigenvalue weighted by Crippen LogP contribution is 2.42. The molecule has 2 rings (SSSR count). The molecule has 1 aromatic carbocycles. The molecule has 0 saturated heterocycles. The van der Waals surface area contributed by atoms with Crippen molar-refractivity contribution in [2.75, 3.05) is 0 Å². The van der Waals surface area contributed by atoms with E-state index >= 15 is 0 Å². The van der Waals surface area contributed by atoms with E-state index in [1.165, 1.54) is 12.8 Å². The maximum absolute atomic E-state index is 6.62. The first-order valence-corrected chi connectivity index (χ1v) is 7.32. The summed E-state index contributed by atoms with van der Waals surface area (Å²) in [5.74, 6) is 0. The summed E-state index contributed by atoms with van der Waals surface area (Å²) in [5, 5.41) is 1.19. The molecular formula is C15H21Cl2N. The molecule has 0 spiro atoms. The van der Waals surface area contributed by atoms with Crippen molar-refractivity contribution in [1.82, 2.24) is 0 Å². The second kappa shape index (κ2) is 5.03. The standard InChI is InChI=1S/C15H21Cl2N/c1-14(2)6-3-7-15(18,9-8-14)11-4-5-12(16)13(17)10-11/h4-5,10H,3,6-9,18H2,1-2H3. The Labute approximate surface area is 120 Å². The first-order chi connectivity index (χ1) is 8.32. The van der Waals surface area contributed by atoms with E-state index < -0.39 is 0 Å². The van der Waals surface area contributed by atoms with Gasteiger partial charge in [-0.05, 0) is 48.8 Å². The molecule has 18 heavy (non-hydrogen) atoms. The molecule has 1 nitrogen and oxygen atoms in total. The van der Waals surface area contributed by atoms with Crippen molar-refractivity contribution in [1.29, 1.82) is 0 Å². The van der Waals surface area contributed by atoms with Crippen LogP contribution in [0.5, 0.6) is 0 Å². The summed E-state index contributed by atoms with van der Waals surface area (Å²) in [5.41, 5.74) is 7.89. The molecule has 1 atom stereocenters. The lowest BCUT2D eigenvalue weighted by molar-refractivity contribution is 0.299. The maximum atomic E-state index is 6.62. The summed E-state index contributed by atoms with van der Waals surface area (Å²) in [6.07, 6.45) is 5.60. The number of rotatable bonds is 1. The molecule has 0 heterocycles. The molecule has 1 aromatic rings. The van der Waals surface area contributed by atoms with Crippen molar-refractivity contribution in [3.8, 4) is 0 Å². The number of halogens is 2. The lowest BCUT2D eigenvalue weighted by Gasteiger charge is -2.30. The van der Waals surface area contributed by atoms with Crippen LogP contribution in [0.3, 0.4) is 0 Å². The molecule has 0 aromatic heterocycles. The van der Waals surface area contributed by atoms with Crippen molar-refractivity contribution in [3.63, 3.8) is 0 Å². The summed E-state index contributed by atoms with van der Waals surface area (Å²) >= 11 is 12.1. The Bertz CT molecular complexity index is 442. The minimum Gasteiger partial charge on any atom is -0.321 e. The van der Waals surface area contributed by atoms with Crippen molar-refractivity contribution < 1.29 is 0 Å². The molecule has 1 aliphatic carbocycles. The van der Waals surface area contributed by atoms with Crippen LogP contribution in [0.15, 0.2) is 18.2 Å². The summed E-state index contributed by atoms with van der Waals surface area (Å²) in [4.78, 5) is 0. The molecule has 1 fully saturated rings. The Morgan fingerprint density at radius 2 is 1.72 bits per heavy atom. The van der Waals surface area contributed by atoms with Crippen LogP contribution in [-0.4, -0.2) is 0 Å². The number of nitrogens with two attached hydrogens (primary N) is 1. The highest BCUT2D eigenvalue weighted by molar-refractivity contribution is 6.42. The zero-order valence-corrected chi connectivity index (χ0v) is 12.6. The molecule has 1 saturated carbocycles. The summed E-state index contributed by atoms with van der Waals surface area (Å²) in [6, 6.07) is 5.80. The van der Waals surface area contributed by atoms with Crippen molar-refractivity contribution in [2.24, 2.45) is 11.1 Å². The molecule has 100 valence electrons. The molecule has 1 aliphatic rings. The fraction of sp³-hybridized carbons (Fsp3) is 0.600. The summed E-state index contributed by atoms with van der Waals surface area (Å²) in [6.45, 7) is 4.65. The molecule has 2 N–H and O–H groups in total. The fourth-order valence-corrected chi connectivity index (χ4v) is 3.09. The topological polar surface area (TPSA) is 26.0 Å². The Hall–Kier alpha value is -0.240. The minimum absolute atomic E-state index is 0.248. The van der Waals surface area contributed by atoms with Crippen LogP contribution in [-0.2, 0) is 5.54 Å². The van der Waals surface area contributed by atoms with E-state index in [-0.39, 0.29) is 5.54 Å². The van der Waals surface area contributed by atoms with E-state index in [4.69, 9.17) is 28.9 Å². The Kier molecular flexibility index (Phi) is 3.96. The molecule has 0 amide bonds. The summed E-state index contributed by atoms with van der Waals surface area (Å²) in [7, 11) is 0. The van der Waals surface area contributed by atoms with Gasteiger partial charge >= 0.3 is 0 Å². The van der Waals surface area contributed by atoms with Gasteiger partial charge < -0.3 is 5.73 Å². The first-order valence-electron chi connectivity index (χ1n) is 6.57. The van der Waals surface area contributed by atoms with E-state index in [1.807, 2.05) is 18.2 Å². The van der Waals surface area contributed by atoms with Gasteiger partial charge in [-0.3, -0.25) is 0 Å². The predicted octanol–water partition coefficient (Wildman–Crippen LogP) is 5.14. The highest BCUT2D eigenvalue weighted by Gasteiger charge is 2.33. The van der Waals surface area contributed by atoms with E-state index in [9.17, 15) is 0 Å². The second-order valence-corrected chi connectivity index (χ2v) is 7.12. The maximum Gasteiger partial charge on any atom is 0.0595 e. The van der Waals surface area contributed by atoms with Crippen LogP contribution in [0.1, 0.15) is 51.5 Å². The average Bonchev–Trinajstić information content (AvgIpc) is 2.43. The minimum atomic E-state index is -0.248. The monoisotopic (exact) mass is 285 g/mol. The largest absolute Gasteiger partial charge is 0.321 e. The normalized spacial score (nSPS) is 27.8. The van der Waals surface area contributed by atoms with Crippen molar-refractivity contribution >= 4 is 23.2 Å². The average molecular weight is 286 g/mol. The summed E-state index contributed by atoms with van der Waals surface area (Å²) < 4.78 is 0. The van der Waals surface area contributed by atoms with Gasteiger partial charge in [0.2, 0.25) is 0 Å². The lowest BCUT2D eigenvalue weighted by atomic mass is 9.81. The van der Waals surface area contributed by atoms with Gasteiger partial charge in [0.15, 0.2) is 0 Å². The molecule has 3 heteroatoms. The SMILES string of the molecule is CC1(C)CCCC(N)(c2ccc(Cl)c(Cl)c2)CC1. The van der Waals surface area contributed by atoms with Gasteiger partial charge in [-0.1, -0.05) is 49.5 Å². The van der Waals surface area contributed by atoms with Gasteiger partial charge in [0.05, 0.1) is 10.0 Å². The Morgan fingerprint density at radius 3 is 2.39 bits per heavy atom. The Morgan fingerprint density at radius 1 is 1.00 bits per heavy atom. The van der Waals surface area contributed by atoms with Crippen LogP contribution in [0.4, 0.5) is 0 Å². The molecule has 0 aliphatic heterocycles. The van der Waals surface area contributed by atoms with Gasteiger partial charge in [0.1, 0.15) is 0 Å². The van der Waals surface area contributed by atoms with Crippen LogP contribution in [0.25, 0.3) is 0 Å². The van der Waals surface area contributed by atoms with Gasteiger partial charge in [-0.15, -0.1) is 0 Å². The first kappa shape index (κ1) is 14.2. The van der Waals surface area contributed by atoms with Crippen molar-refractivity contribution in [3.05, 3.63) is 33.8 Å². The third-order valence-corrected chi connectivity index (χ3v) is 4.96. The molecular weight excluding hydrogens is 265 g/mol. The fourth-order valence-electron chi connectivity index (χ4n) is 2.79. The molecule has 0 bridgehead atoms.